The van der Waals surface area contributed by atoms with Crippen LogP contribution in [-0.4, -0.2) is 22.8 Å². The van der Waals surface area contributed by atoms with Crippen molar-refractivity contribution in [1.29, 1.82) is 0 Å². The number of Topliss-reactive ketones (excluding diaryl/α,β-unsaturated/α-hetero) is 1. The Hall–Kier alpha value is -2.20. The lowest BCUT2D eigenvalue weighted by atomic mass is 10.0. The number of hydrogen-bond donors (Lipinski definition) is 0. The molecule has 114 valence electrons. The van der Waals surface area contributed by atoms with Crippen LogP contribution in [0.15, 0.2) is 36.5 Å². The van der Waals surface area contributed by atoms with E-state index in [1.165, 1.54) is 12.3 Å². The van der Waals surface area contributed by atoms with Gasteiger partial charge in [0.25, 0.3) is 0 Å². The molecule has 22 heavy (non-hydrogen) atoms. The molecular weight excluding hydrogens is 302 g/mol. The number of aromatic nitrogens is 1. The summed E-state index contributed by atoms with van der Waals surface area (Å²) in [4.78, 5) is 28.2. The van der Waals surface area contributed by atoms with E-state index in [0.717, 1.165) is 11.1 Å². The first-order valence-corrected chi connectivity index (χ1v) is 7.21. The Bertz CT molecular complexity index is 728. The molecule has 0 saturated heterocycles. The summed E-state index contributed by atoms with van der Waals surface area (Å²) >= 11 is 5.84. The fraction of sp³-hybridized carbons (Fsp3) is 0.235. The van der Waals surface area contributed by atoms with Gasteiger partial charge < -0.3 is 4.74 Å². The van der Waals surface area contributed by atoms with Crippen molar-refractivity contribution in [3.8, 4) is 0 Å². The van der Waals surface area contributed by atoms with Gasteiger partial charge >= 0.3 is 5.97 Å². The molecule has 1 aromatic carbocycles. The molecule has 0 amide bonds. The van der Waals surface area contributed by atoms with Crippen molar-refractivity contribution in [2.75, 3.05) is 0 Å². The summed E-state index contributed by atoms with van der Waals surface area (Å²) in [7, 11) is 0. The summed E-state index contributed by atoms with van der Waals surface area (Å²) in [5.41, 5.74) is 2.77. The lowest BCUT2D eigenvalue weighted by Gasteiger charge is -2.13. The van der Waals surface area contributed by atoms with Gasteiger partial charge in [-0.1, -0.05) is 23.7 Å². The lowest BCUT2D eigenvalue weighted by Crippen LogP contribution is -2.24. The highest BCUT2D eigenvalue weighted by Crippen LogP contribution is 2.16. The van der Waals surface area contributed by atoms with Gasteiger partial charge in [0.05, 0.1) is 5.56 Å². The average Bonchev–Trinajstić information content (AvgIpc) is 2.49. The van der Waals surface area contributed by atoms with E-state index in [4.69, 9.17) is 16.3 Å². The van der Waals surface area contributed by atoms with E-state index < -0.39 is 12.1 Å². The fourth-order valence-corrected chi connectivity index (χ4v) is 2.14. The number of halogens is 1. The van der Waals surface area contributed by atoms with Crippen molar-refractivity contribution >= 4 is 23.4 Å². The van der Waals surface area contributed by atoms with Crippen molar-refractivity contribution in [2.45, 2.75) is 26.9 Å². The SMILES string of the molecule is Cc1ccc(C(=O)[C@H](C)OC(=O)c2cccnc2Cl)cc1C. The van der Waals surface area contributed by atoms with Gasteiger partial charge in [-0.2, -0.15) is 0 Å². The number of benzene rings is 1. The molecule has 5 heteroatoms. The minimum atomic E-state index is -0.897. The molecule has 0 spiro atoms. The van der Waals surface area contributed by atoms with Gasteiger partial charge in [-0.15, -0.1) is 0 Å². The zero-order chi connectivity index (χ0) is 16.3. The monoisotopic (exact) mass is 317 g/mol. The Morgan fingerprint density at radius 3 is 2.55 bits per heavy atom. The molecule has 0 fully saturated rings. The van der Waals surface area contributed by atoms with Crippen LogP contribution in [0.1, 0.15) is 38.8 Å². The van der Waals surface area contributed by atoms with Crippen LogP contribution in [0.2, 0.25) is 5.15 Å². The van der Waals surface area contributed by atoms with Crippen LogP contribution in [-0.2, 0) is 4.74 Å². The molecule has 2 aromatic rings. The number of hydrogen-bond acceptors (Lipinski definition) is 4. The standard InChI is InChI=1S/C17H16ClNO3/c1-10-6-7-13(9-11(10)2)15(20)12(3)22-17(21)14-5-4-8-19-16(14)18/h4-9,12H,1-3H3/t12-/m0/s1. The highest BCUT2D eigenvalue weighted by atomic mass is 35.5. The molecule has 1 heterocycles. The van der Waals surface area contributed by atoms with Crippen LogP contribution in [0.25, 0.3) is 0 Å². The minimum Gasteiger partial charge on any atom is -0.451 e. The molecule has 0 N–H and O–H groups in total. The molecule has 2 rings (SSSR count). The van der Waals surface area contributed by atoms with Crippen LogP contribution in [0.4, 0.5) is 0 Å². The zero-order valence-corrected chi connectivity index (χ0v) is 13.3. The summed E-state index contributed by atoms with van der Waals surface area (Å²) < 4.78 is 5.19. The quantitative estimate of drug-likeness (QED) is 0.489. The average molecular weight is 318 g/mol. The van der Waals surface area contributed by atoms with E-state index in [0.29, 0.717) is 5.56 Å². The van der Waals surface area contributed by atoms with E-state index in [2.05, 4.69) is 4.98 Å². The third-order valence-electron chi connectivity index (χ3n) is 3.42. The smallest absolute Gasteiger partial charge is 0.341 e. The predicted molar refractivity (Wildman–Crippen MR) is 84.4 cm³/mol. The second-order valence-electron chi connectivity index (χ2n) is 5.05. The highest BCUT2D eigenvalue weighted by molar-refractivity contribution is 6.32. The number of rotatable bonds is 4. The van der Waals surface area contributed by atoms with Gasteiger partial charge in [-0.3, -0.25) is 4.79 Å². The van der Waals surface area contributed by atoms with Gasteiger partial charge in [0, 0.05) is 11.8 Å². The van der Waals surface area contributed by atoms with Gasteiger partial charge in [-0.25, -0.2) is 9.78 Å². The number of ketones is 1. The first-order valence-electron chi connectivity index (χ1n) is 6.83. The van der Waals surface area contributed by atoms with Crippen molar-refractivity contribution in [1.82, 2.24) is 4.98 Å². The van der Waals surface area contributed by atoms with E-state index >= 15 is 0 Å². The first-order chi connectivity index (χ1) is 10.4. The molecule has 4 nitrogen and oxygen atoms in total. The Balaban J connectivity index is 2.13. The fourth-order valence-electron chi connectivity index (χ4n) is 1.95. The van der Waals surface area contributed by atoms with Crippen LogP contribution in [0.5, 0.6) is 0 Å². The number of nitrogens with zero attached hydrogens (tertiary/aromatic N) is 1. The summed E-state index contributed by atoms with van der Waals surface area (Å²) in [5, 5.41) is 0.0540. The molecule has 0 aliphatic heterocycles. The predicted octanol–water partition coefficient (Wildman–Crippen LogP) is 3.78. The normalized spacial score (nSPS) is 11.8. The second-order valence-corrected chi connectivity index (χ2v) is 5.41. The number of esters is 1. The second kappa shape index (κ2) is 6.71. The molecule has 0 unspecified atom stereocenters. The van der Waals surface area contributed by atoms with Gasteiger partial charge in [0.2, 0.25) is 5.78 Å². The third kappa shape index (κ3) is 3.52. The number of ether oxygens (including phenoxy) is 1. The van der Waals surface area contributed by atoms with E-state index in [-0.39, 0.29) is 16.5 Å². The third-order valence-corrected chi connectivity index (χ3v) is 3.72. The molecule has 0 saturated carbocycles. The molecular formula is C17H16ClNO3. The molecule has 0 aliphatic rings. The summed E-state index contributed by atoms with van der Waals surface area (Å²) in [6.45, 7) is 5.44. The van der Waals surface area contributed by atoms with E-state index in [1.54, 1.807) is 25.1 Å². The maximum absolute atomic E-state index is 12.3. The number of carbonyl (C=O) groups excluding carboxylic acids is 2. The summed E-state index contributed by atoms with van der Waals surface area (Å²) in [5.74, 6) is -0.917. The number of pyridine rings is 1. The van der Waals surface area contributed by atoms with Gasteiger partial charge in [0.1, 0.15) is 5.15 Å². The van der Waals surface area contributed by atoms with Gasteiger partial charge in [-0.05, 0) is 50.1 Å². The Morgan fingerprint density at radius 1 is 1.18 bits per heavy atom. The van der Waals surface area contributed by atoms with Crippen molar-refractivity contribution in [3.05, 3.63) is 63.9 Å². The topological polar surface area (TPSA) is 56.3 Å². The summed E-state index contributed by atoms with van der Waals surface area (Å²) in [6.07, 6.45) is 0.578. The minimum absolute atomic E-state index is 0.0540. The largest absolute Gasteiger partial charge is 0.451 e. The van der Waals surface area contributed by atoms with Crippen molar-refractivity contribution in [2.24, 2.45) is 0 Å². The molecule has 0 aliphatic carbocycles. The zero-order valence-electron chi connectivity index (χ0n) is 12.6. The lowest BCUT2D eigenvalue weighted by molar-refractivity contribution is 0.0318. The maximum atomic E-state index is 12.3. The van der Waals surface area contributed by atoms with Crippen molar-refractivity contribution < 1.29 is 14.3 Å². The molecule has 1 atom stereocenters. The molecule has 0 bridgehead atoms. The van der Waals surface area contributed by atoms with E-state index in [1.807, 2.05) is 19.9 Å². The van der Waals surface area contributed by atoms with Gasteiger partial charge in [0.15, 0.2) is 6.10 Å². The van der Waals surface area contributed by atoms with Crippen LogP contribution in [0, 0.1) is 13.8 Å². The highest BCUT2D eigenvalue weighted by Gasteiger charge is 2.22. The first kappa shape index (κ1) is 16.2. The maximum Gasteiger partial charge on any atom is 0.341 e. The van der Waals surface area contributed by atoms with E-state index in [9.17, 15) is 9.59 Å². The van der Waals surface area contributed by atoms with Crippen LogP contribution >= 0.6 is 11.6 Å². The molecule has 1 aromatic heterocycles. The molecule has 0 radical (unpaired) electrons. The number of carbonyl (C=O) groups is 2. The number of aryl methyl sites for hydroxylation is 2. The summed E-state index contributed by atoms with van der Waals surface area (Å²) in [6, 6.07) is 8.48. The Kier molecular flexibility index (Phi) is 4.93. The van der Waals surface area contributed by atoms with Crippen molar-refractivity contribution in [3.63, 3.8) is 0 Å². The van der Waals surface area contributed by atoms with Crippen LogP contribution < -0.4 is 0 Å². The Morgan fingerprint density at radius 2 is 1.91 bits per heavy atom. The Labute approximate surface area is 134 Å². The van der Waals surface area contributed by atoms with Crippen LogP contribution in [0.3, 0.4) is 0 Å².